The minimum absolute atomic E-state index is 0.0285. The molecule has 3 N–H and O–H groups in total. The van der Waals surface area contributed by atoms with Crippen LogP contribution in [0, 0.1) is 5.41 Å². The van der Waals surface area contributed by atoms with Crippen molar-refractivity contribution in [2.45, 2.75) is 69.9 Å². The Morgan fingerprint density at radius 1 is 0.947 bits per heavy atom. The smallest absolute Gasteiger partial charge is 0.315 e. The van der Waals surface area contributed by atoms with E-state index in [2.05, 4.69) is 16.0 Å². The number of carbonyl (C=O) groups excluding carboxylic acids is 1. The summed E-state index contributed by atoms with van der Waals surface area (Å²) < 4.78 is 0. The highest BCUT2D eigenvalue weighted by Crippen LogP contribution is 2.46. The molecule has 3 aliphatic rings. The molecular formula is C15H27N3O. The van der Waals surface area contributed by atoms with E-state index in [1.54, 1.807) is 0 Å². The Morgan fingerprint density at radius 2 is 1.74 bits per heavy atom. The molecule has 0 aromatic heterocycles. The normalized spacial score (nSPS) is 35.3. The maximum atomic E-state index is 11.8. The topological polar surface area (TPSA) is 53.2 Å². The van der Waals surface area contributed by atoms with Crippen LogP contribution in [0.2, 0.25) is 0 Å². The molecule has 2 atom stereocenters. The maximum Gasteiger partial charge on any atom is 0.315 e. The fraction of sp³-hybridized carbons (Fsp3) is 0.933. The number of piperidine rings is 1. The molecule has 2 amide bonds. The van der Waals surface area contributed by atoms with Gasteiger partial charge in [0, 0.05) is 18.6 Å². The lowest BCUT2D eigenvalue weighted by molar-refractivity contribution is 0.0597. The lowest BCUT2D eigenvalue weighted by Crippen LogP contribution is -2.61. The van der Waals surface area contributed by atoms with Gasteiger partial charge in [0.15, 0.2) is 0 Å². The number of urea groups is 1. The first-order valence-corrected chi connectivity index (χ1v) is 8.08. The molecule has 2 unspecified atom stereocenters. The first-order valence-electron chi connectivity index (χ1n) is 8.08. The average molecular weight is 265 g/mol. The second-order valence-electron chi connectivity index (χ2n) is 6.61. The Bertz CT molecular complexity index is 317. The summed E-state index contributed by atoms with van der Waals surface area (Å²) in [5.74, 6) is 0. The van der Waals surface area contributed by atoms with Gasteiger partial charge in [-0.1, -0.05) is 19.3 Å². The summed E-state index contributed by atoms with van der Waals surface area (Å²) in [6.07, 6.45) is 11.7. The molecule has 0 radical (unpaired) electrons. The highest BCUT2D eigenvalue weighted by atomic mass is 16.2. The van der Waals surface area contributed by atoms with Gasteiger partial charge in [-0.2, -0.15) is 0 Å². The molecule has 2 heterocycles. The fourth-order valence-corrected chi connectivity index (χ4v) is 4.52. The van der Waals surface area contributed by atoms with Crippen molar-refractivity contribution in [1.29, 1.82) is 0 Å². The average Bonchev–Trinajstić information content (AvgIpc) is 2.65. The fourth-order valence-electron chi connectivity index (χ4n) is 4.52. The van der Waals surface area contributed by atoms with Gasteiger partial charge >= 0.3 is 6.03 Å². The van der Waals surface area contributed by atoms with Crippen LogP contribution in [0.15, 0.2) is 0 Å². The van der Waals surface area contributed by atoms with Crippen molar-refractivity contribution in [2.24, 2.45) is 5.41 Å². The molecule has 1 saturated carbocycles. The highest BCUT2D eigenvalue weighted by molar-refractivity contribution is 5.74. The molecule has 2 saturated heterocycles. The van der Waals surface area contributed by atoms with Crippen LogP contribution in [0.5, 0.6) is 0 Å². The van der Waals surface area contributed by atoms with E-state index in [-0.39, 0.29) is 6.03 Å². The van der Waals surface area contributed by atoms with Crippen molar-refractivity contribution in [3.05, 3.63) is 0 Å². The number of carbonyl (C=O) groups is 1. The predicted octanol–water partition coefficient (Wildman–Crippen LogP) is 2.15. The van der Waals surface area contributed by atoms with Crippen molar-refractivity contribution < 1.29 is 4.79 Å². The van der Waals surface area contributed by atoms with E-state index in [0.717, 1.165) is 25.9 Å². The molecule has 0 aromatic carbocycles. The van der Waals surface area contributed by atoms with Crippen molar-refractivity contribution in [3.63, 3.8) is 0 Å². The Hall–Kier alpha value is -0.770. The molecule has 19 heavy (non-hydrogen) atoms. The lowest BCUT2D eigenvalue weighted by Gasteiger charge is -2.50. The van der Waals surface area contributed by atoms with E-state index in [4.69, 9.17) is 0 Å². The Balaban J connectivity index is 1.76. The molecule has 4 heteroatoms. The second kappa shape index (κ2) is 5.70. The first-order chi connectivity index (χ1) is 9.30. The quantitative estimate of drug-likeness (QED) is 0.680. The largest absolute Gasteiger partial charge is 0.338 e. The van der Waals surface area contributed by atoms with E-state index in [1.165, 1.54) is 44.9 Å². The molecule has 3 fully saturated rings. The summed E-state index contributed by atoms with van der Waals surface area (Å²) in [4.78, 5) is 11.8. The van der Waals surface area contributed by atoms with E-state index < -0.39 is 0 Å². The van der Waals surface area contributed by atoms with Gasteiger partial charge in [0.05, 0.1) is 0 Å². The number of amides is 2. The monoisotopic (exact) mass is 265 g/mol. The molecule has 1 aliphatic carbocycles. The summed E-state index contributed by atoms with van der Waals surface area (Å²) in [6, 6.07) is 0.840. The van der Waals surface area contributed by atoms with Crippen molar-refractivity contribution in [1.82, 2.24) is 16.0 Å². The predicted molar refractivity (Wildman–Crippen MR) is 76.1 cm³/mol. The molecule has 2 aliphatic heterocycles. The van der Waals surface area contributed by atoms with Gasteiger partial charge in [0.2, 0.25) is 0 Å². The van der Waals surface area contributed by atoms with E-state index in [9.17, 15) is 4.79 Å². The number of nitrogens with one attached hydrogen (secondary N) is 3. The van der Waals surface area contributed by atoms with Gasteiger partial charge in [0.1, 0.15) is 0 Å². The SMILES string of the molecule is O=C1NCCCC(C2NCCCC23CCCCC3)N1. The van der Waals surface area contributed by atoms with Crippen LogP contribution in [0.4, 0.5) is 4.79 Å². The summed E-state index contributed by atoms with van der Waals surface area (Å²) >= 11 is 0. The van der Waals surface area contributed by atoms with Crippen molar-refractivity contribution in [2.75, 3.05) is 13.1 Å². The van der Waals surface area contributed by atoms with E-state index in [0.29, 0.717) is 17.5 Å². The van der Waals surface area contributed by atoms with Crippen LogP contribution in [0.1, 0.15) is 57.8 Å². The Labute approximate surface area is 116 Å². The minimum atomic E-state index is 0.0285. The van der Waals surface area contributed by atoms with Crippen LogP contribution in [0.25, 0.3) is 0 Å². The van der Waals surface area contributed by atoms with Crippen LogP contribution in [-0.2, 0) is 0 Å². The standard InChI is InChI=1S/C15H27N3O/c19-14-17-10-4-6-12(18-14)13-15(9-5-11-16-13)7-2-1-3-8-15/h12-13,16H,1-11H2,(H2,17,18,19). The molecule has 4 nitrogen and oxygen atoms in total. The highest BCUT2D eigenvalue weighted by Gasteiger charge is 2.45. The zero-order valence-electron chi connectivity index (χ0n) is 11.8. The van der Waals surface area contributed by atoms with Crippen LogP contribution < -0.4 is 16.0 Å². The minimum Gasteiger partial charge on any atom is -0.338 e. The van der Waals surface area contributed by atoms with Gasteiger partial charge in [-0.05, 0) is 50.5 Å². The third kappa shape index (κ3) is 2.73. The van der Waals surface area contributed by atoms with Gasteiger partial charge in [-0.15, -0.1) is 0 Å². The van der Waals surface area contributed by atoms with Gasteiger partial charge in [0.25, 0.3) is 0 Å². The zero-order chi connectivity index (χ0) is 13.1. The van der Waals surface area contributed by atoms with Gasteiger partial charge in [-0.25, -0.2) is 4.79 Å². The van der Waals surface area contributed by atoms with Gasteiger partial charge < -0.3 is 16.0 Å². The second-order valence-corrected chi connectivity index (χ2v) is 6.61. The number of hydrogen-bond donors (Lipinski definition) is 3. The van der Waals surface area contributed by atoms with Crippen LogP contribution in [0.3, 0.4) is 0 Å². The van der Waals surface area contributed by atoms with E-state index in [1.807, 2.05) is 0 Å². The number of hydrogen-bond acceptors (Lipinski definition) is 2. The van der Waals surface area contributed by atoms with Gasteiger partial charge in [-0.3, -0.25) is 0 Å². The van der Waals surface area contributed by atoms with Crippen molar-refractivity contribution >= 4 is 6.03 Å². The maximum absolute atomic E-state index is 11.8. The molecule has 0 bridgehead atoms. The van der Waals surface area contributed by atoms with Crippen LogP contribution >= 0.6 is 0 Å². The molecule has 3 rings (SSSR count). The summed E-state index contributed by atoms with van der Waals surface area (Å²) in [5.41, 5.74) is 0.457. The number of rotatable bonds is 1. The summed E-state index contributed by atoms with van der Waals surface area (Å²) in [7, 11) is 0. The first kappa shape index (κ1) is 13.2. The molecule has 1 spiro atoms. The Morgan fingerprint density at radius 3 is 2.58 bits per heavy atom. The molecule has 108 valence electrons. The zero-order valence-corrected chi connectivity index (χ0v) is 11.8. The molecule has 0 aromatic rings. The van der Waals surface area contributed by atoms with E-state index >= 15 is 0 Å². The Kier molecular flexibility index (Phi) is 3.96. The third-order valence-corrected chi connectivity index (χ3v) is 5.42. The lowest BCUT2D eigenvalue weighted by atomic mass is 9.62. The third-order valence-electron chi connectivity index (χ3n) is 5.42. The summed E-state index contributed by atoms with van der Waals surface area (Å²) in [6.45, 7) is 1.94. The summed E-state index contributed by atoms with van der Waals surface area (Å²) in [5, 5.41) is 9.89. The van der Waals surface area contributed by atoms with Crippen molar-refractivity contribution in [3.8, 4) is 0 Å². The molecular weight excluding hydrogens is 238 g/mol. The van der Waals surface area contributed by atoms with Crippen LogP contribution in [-0.4, -0.2) is 31.2 Å².